The van der Waals surface area contributed by atoms with E-state index in [0.717, 1.165) is 27.9 Å². The van der Waals surface area contributed by atoms with Gasteiger partial charge in [0.1, 0.15) is 6.26 Å². The Labute approximate surface area is 215 Å². The summed E-state index contributed by atoms with van der Waals surface area (Å²) in [5.41, 5.74) is 6.37. The number of sulfonamides is 1. The van der Waals surface area contributed by atoms with Gasteiger partial charge in [-0.3, -0.25) is 0 Å². The van der Waals surface area contributed by atoms with Crippen LogP contribution >= 0.6 is 0 Å². The molecule has 8 nitrogen and oxygen atoms in total. The third-order valence-corrected chi connectivity index (χ3v) is 7.64. The summed E-state index contributed by atoms with van der Waals surface area (Å²) in [5.74, 6) is 0.593. The van der Waals surface area contributed by atoms with E-state index in [4.69, 9.17) is 8.94 Å². The Morgan fingerprint density at radius 3 is 2.43 bits per heavy atom. The monoisotopic (exact) mass is 514 g/mol. The van der Waals surface area contributed by atoms with E-state index in [2.05, 4.69) is 20.2 Å². The summed E-state index contributed by atoms with van der Waals surface area (Å²) in [6.07, 6.45) is 3.12. The average molecular weight is 515 g/mol. The molecule has 9 heteroatoms. The van der Waals surface area contributed by atoms with Gasteiger partial charge >= 0.3 is 0 Å². The van der Waals surface area contributed by atoms with Gasteiger partial charge in [-0.1, -0.05) is 47.6 Å². The Morgan fingerprint density at radius 2 is 1.70 bits per heavy atom. The first-order valence-electron chi connectivity index (χ1n) is 11.7. The smallest absolute Gasteiger partial charge is 0.264 e. The topological polar surface area (TPSA) is 110 Å². The van der Waals surface area contributed by atoms with E-state index >= 15 is 0 Å². The molecule has 0 aliphatic rings. The van der Waals surface area contributed by atoms with Crippen LogP contribution in [0.2, 0.25) is 0 Å². The molecule has 0 aliphatic carbocycles. The molecule has 5 rings (SSSR count). The number of hydrogen-bond donors (Lipinski definition) is 2. The molecule has 188 valence electrons. The zero-order chi connectivity index (χ0) is 26.0. The minimum Gasteiger partial charge on any atom is -0.445 e. The van der Waals surface area contributed by atoms with Crippen LogP contribution in [0.3, 0.4) is 0 Å². The lowest BCUT2D eigenvalue weighted by Gasteiger charge is -2.17. The SMILES string of the molecule is Cc1ccccc1NCc1cc(-c2ncco2)ccc1-c1ccccc1S(=O)(=O)Nc1onc(C)c1C. The molecule has 0 spiro atoms. The third kappa shape index (κ3) is 4.99. The van der Waals surface area contributed by atoms with Crippen LogP contribution < -0.4 is 10.0 Å². The summed E-state index contributed by atoms with van der Waals surface area (Å²) in [5, 5.41) is 7.34. The highest BCUT2D eigenvalue weighted by Gasteiger charge is 2.24. The zero-order valence-corrected chi connectivity index (χ0v) is 21.5. The maximum absolute atomic E-state index is 13.5. The van der Waals surface area contributed by atoms with Crippen molar-refractivity contribution in [2.75, 3.05) is 10.0 Å². The molecule has 0 amide bonds. The quantitative estimate of drug-likeness (QED) is 0.249. The molecule has 0 saturated heterocycles. The summed E-state index contributed by atoms with van der Waals surface area (Å²) in [6.45, 7) is 6.00. The van der Waals surface area contributed by atoms with Crippen LogP contribution in [0.15, 0.2) is 93.0 Å². The molecule has 2 aromatic heterocycles. The van der Waals surface area contributed by atoms with E-state index in [0.29, 0.717) is 29.3 Å². The molecule has 2 N–H and O–H groups in total. The van der Waals surface area contributed by atoms with E-state index in [1.807, 2.05) is 55.5 Å². The van der Waals surface area contributed by atoms with Crippen molar-refractivity contribution in [2.45, 2.75) is 32.2 Å². The van der Waals surface area contributed by atoms with E-state index in [9.17, 15) is 8.42 Å². The lowest BCUT2D eigenvalue weighted by atomic mass is 9.97. The van der Waals surface area contributed by atoms with Crippen molar-refractivity contribution in [3.63, 3.8) is 0 Å². The molecule has 0 atom stereocenters. The molecular weight excluding hydrogens is 488 g/mol. The molecule has 0 bridgehead atoms. The molecule has 0 fully saturated rings. The van der Waals surface area contributed by atoms with Gasteiger partial charge < -0.3 is 14.3 Å². The van der Waals surface area contributed by atoms with E-state index in [1.54, 1.807) is 38.2 Å². The van der Waals surface area contributed by atoms with Crippen molar-refractivity contribution < 1.29 is 17.4 Å². The number of aryl methyl sites for hydroxylation is 2. The van der Waals surface area contributed by atoms with E-state index in [1.165, 1.54) is 6.26 Å². The predicted octanol–water partition coefficient (Wildman–Crippen LogP) is 6.33. The minimum atomic E-state index is -3.98. The fourth-order valence-electron chi connectivity index (χ4n) is 4.07. The van der Waals surface area contributed by atoms with Crippen LogP contribution in [0.25, 0.3) is 22.6 Å². The summed E-state index contributed by atoms with van der Waals surface area (Å²) in [7, 11) is -3.98. The van der Waals surface area contributed by atoms with Crippen LogP contribution in [0, 0.1) is 20.8 Å². The fourth-order valence-corrected chi connectivity index (χ4v) is 5.34. The highest BCUT2D eigenvalue weighted by atomic mass is 32.2. The molecule has 2 heterocycles. The van der Waals surface area contributed by atoms with Gasteiger partial charge in [-0.25, -0.2) is 18.1 Å². The van der Waals surface area contributed by atoms with Gasteiger partial charge in [0.15, 0.2) is 0 Å². The maximum atomic E-state index is 13.5. The van der Waals surface area contributed by atoms with Gasteiger partial charge in [0.05, 0.1) is 16.8 Å². The first-order chi connectivity index (χ1) is 17.8. The number of anilines is 2. The first kappa shape index (κ1) is 24.3. The molecule has 0 saturated carbocycles. The molecule has 0 unspecified atom stereocenters. The van der Waals surface area contributed by atoms with Gasteiger partial charge in [0.2, 0.25) is 11.8 Å². The highest BCUT2D eigenvalue weighted by Crippen LogP contribution is 2.34. The second-order valence-corrected chi connectivity index (χ2v) is 10.4. The summed E-state index contributed by atoms with van der Waals surface area (Å²) >= 11 is 0. The summed E-state index contributed by atoms with van der Waals surface area (Å²) in [4.78, 5) is 4.40. The molecule has 37 heavy (non-hydrogen) atoms. The van der Waals surface area contributed by atoms with Crippen molar-refractivity contribution in [2.24, 2.45) is 0 Å². The second kappa shape index (κ2) is 9.94. The van der Waals surface area contributed by atoms with E-state index < -0.39 is 10.0 Å². The van der Waals surface area contributed by atoms with Crippen molar-refractivity contribution in [3.8, 4) is 22.6 Å². The Bertz CT molecular complexity index is 1660. The number of nitrogens with one attached hydrogen (secondary N) is 2. The third-order valence-electron chi connectivity index (χ3n) is 6.25. The zero-order valence-electron chi connectivity index (χ0n) is 20.6. The standard InChI is InChI=1S/C28H26N4O4S/c1-18-8-4-6-10-25(18)30-17-22-16-21(28-29-14-15-35-28)12-13-23(22)24-9-5-7-11-26(24)37(33,34)32-27-19(2)20(3)31-36-27/h4-16,30,32H,17H2,1-3H3. The number of aromatic nitrogens is 2. The largest absolute Gasteiger partial charge is 0.445 e. The number of benzene rings is 3. The maximum Gasteiger partial charge on any atom is 0.264 e. The average Bonchev–Trinajstić information content (AvgIpc) is 3.55. The highest BCUT2D eigenvalue weighted by molar-refractivity contribution is 7.92. The predicted molar refractivity (Wildman–Crippen MR) is 143 cm³/mol. The van der Waals surface area contributed by atoms with Crippen molar-refractivity contribution in [1.29, 1.82) is 0 Å². The number of oxazole rings is 1. The van der Waals surface area contributed by atoms with Crippen LogP contribution in [0.5, 0.6) is 0 Å². The van der Waals surface area contributed by atoms with Gasteiger partial charge in [-0.15, -0.1) is 0 Å². The van der Waals surface area contributed by atoms with Gasteiger partial charge in [-0.05, 0) is 61.7 Å². The lowest BCUT2D eigenvalue weighted by molar-refractivity contribution is 0.430. The van der Waals surface area contributed by atoms with Crippen LogP contribution in [-0.4, -0.2) is 18.6 Å². The van der Waals surface area contributed by atoms with Gasteiger partial charge in [-0.2, -0.15) is 0 Å². The first-order valence-corrected chi connectivity index (χ1v) is 13.2. The Morgan fingerprint density at radius 1 is 0.919 bits per heavy atom. The molecule has 0 aliphatic heterocycles. The Hall–Kier alpha value is -4.37. The van der Waals surface area contributed by atoms with Crippen molar-refractivity contribution in [1.82, 2.24) is 10.1 Å². The van der Waals surface area contributed by atoms with Crippen LogP contribution in [-0.2, 0) is 16.6 Å². The summed E-state index contributed by atoms with van der Waals surface area (Å²) < 4.78 is 40.3. The molecule has 3 aromatic carbocycles. The normalized spacial score (nSPS) is 11.4. The Balaban J connectivity index is 1.58. The molecule has 0 radical (unpaired) electrons. The van der Waals surface area contributed by atoms with E-state index in [-0.39, 0.29) is 10.8 Å². The van der Waals surface area contributed by atoms with Crippen LogP contribution in [0.4, 0.5) is 11.6 Å². The number of nitrogens with zero attached hydrogens (tertiary/aromatic N) is 2. The number of para-hydroxylation sites is 1. The van der Waals surface area contributed by atoms with Crippen molar-refractivity contribution in [3.05, 3.63) is 102 Å². The molecule has 5 aromatic rings. The van der Waals surface area contributed by atoms with Crippen LogP contribution in [0.1, 0.15) is 22.4 Å². The fraction of sp³-hybridized carbons (Fsp3) is 0.143. The summed E-state index contributed by atoms with van der Waals surface area (Å²) in [6, 6.07) is 20.6. The molecular formula is C28H26N4O4S. The second-order valence-electron chi connectivity index (χ2n) is 8.70. The Kier molecular flexibility index (Phi) is 6.54. The van der Waals surface area contributed by atoms with Gasteiger partial charge in [0, 0.05) is 28.9 Å². The minimum absolute atomic E-state index is 0.105. The number of hydrogen-bond acceptors (Lipinski definition) is 7. The lowest BCUT2D eigenvalue weighted by Crippen LogP contribution is -2.14. The van der Waals surface area contributed by atoms with Gasteiger partial charge in [0.25, 0.3) is 10.0 Å². The van der Waals surface area contributed by atoms with Crippen molar-refractivity contribution >= 4 is 21.6 Å². The number of rotatable bonds is 8.